The van der Waals surface area contributed by atoms with E-state index in [9.17, 15) is 4.79 Å². The van der Waals surface area contributed by atoms with E-state index >= 15 is 0 Å². The summed E-state index contributed by atoms with van der Waals surface area (Å²) >= 11 is 7.35. The van der Waals surface area contributed by atoms with E-state index in [2.05, 4.69) is 36.2 Å². The third-order valence-electron chi connectivity index (χ3n) is 4.80. The van der Waals surface area contributed by atoms with E-state index in [0.29, 0.717) is 5.02 Å². The van der Waals surface area contributed by atoms with Crippen LogP contribution in [-0.2, 0) is 4.79 Å². The zero-order valence-electron chi connectivity index (χ0n) is 14.6. The standard InChI is InChI=1S/C22H18ClNOS/c1-14-13-15(23)11-12-20(14)26-22(25)21-16-7-3-5-9-18(16)24(2)19-10-6-4-8-17(19)21/h3-13,21H,1-2H3. The number of hydrogen-bond donors (Lipinski definition) is 0. The summed E-state index contributed by atoms with van der Waals surface area (Å²) in [5.41, 5.74) is 5.29. The maximum atomic E-state index is 13.3. The minimum absolute atomic E-state index is 0.128. The molecule has 4 rings (SSSR count). The Kier molecular flexibility index (Phi) is 4.51. The van der Waals surface area contributed by atoms with E-state index < -0.39 is 0 Å². The number of carbonyl (C=O) groups is 1. The van der Waals surface area contributed by atoms with Crippen molar-refractivity contribution >= 4 is 39.9 Å². The molecule has 2 nitrogen and oxygen atoms in total. The molecule has 0 amide bonds. The van der Waals surface area contributed by atoms with Crippen molar-refractivity contribution in [3.63, 3.8) is 0 Å². The molecule has 4 heteroatoms. The summed E-state index contributed by atoms with van der Waals surface area (Å²) in [6.45, 7) is 1.98. The van der Waals surface area contributed by atoms with Gasteiger partial charge < -0.3 is 4.90 Å². The quantitative estimate of drug-likeness (QED) is 0.496. The summed E-state index contributed by atoms with van der Waals surface area (Å²) in [5, 5.41) is 0.817. The second-order valence-corrected chi connectivity index (χ2v) is 7.92. The minimum Gasteiger partial charge on any atom is -0.344 e. The van der Waals surface area contributed by atoms with Crippen molar-refractivity contribution in [2.75, 3.05) is 11.9 Å². The Balaban J connectivity index is 1.78. The maximum Gasteiger partial charge on any atom is 0.205 e. The first-order chi connectivity index (χ1) is 12.6. The second kappa shape index (κ2) is 6.82. The highest BCUT2D eigenvalue weighted by atomic mass is 35.5. The fourth-order valence-corrected chi connectivity index (χ4v) is 4.69. The van der Waals surface area contributed by atoms with Crippen molar-refractivity contribution in [2.45, 2.75) is 17.7 Å². The molecule has 130 valence electrons. The van der Waals surface area contributed by atoms with E-state index in [-0.39, 0.29) is 11.0 Å². The smallest absolute Gasteiger partial charge is 0.205 e. The number of carbonyl (C=O) groups excluding carboxylic acids is 1. The van der Waals surface area contributed by atoms with Crippen molar-refractivity contribution < 1.29 is 4.79 Å². The van der Waals surface area contributed by atoms with Gasteiger partial charge >= 0.3 is 0 Å². The number of rotatable bonds is 2. The van der Waals surface area contributed by atoms with Crippen LogP contribution in [0.2, 0.25) is 5.02 Å². The molecule has 3 aromatic carbocycles. The lowest BCUT2D eigenvalue weighted by Gasteiger charge is -2.34. The van der Waals surface area contributed by atoms with Crippen LogP contribution in [0, 0.1) is 6.92 Å². The molecule has 1 heterocycles. The van der Waals surface area contributed by atoms with Crippen LogP contribution in [-0.4, -0.2) is 12.2 Å². The highest BCUT2D eigenvalue weighted by Crippen LogP contribution is 2.47. The van der Waals surface area contributed by atoms with Gasteiger partial charge in [0.05, 0.1) is 5.92 Å². The summed E-state index contributed by atoms with van der Waals surface area (Å²) in [6, 6.07) is 21.9. The number of halogens is 1. The van der Waals surface area contributed by atoms with Crippen molar-refractivity contribution in [1.82, 2.24) is 0 Å². The normalized spacial score (nSPS) is 13.3. The van der Waals surface area contributed by atoms with Gasteiger partial charge in [-0.3, -0.25) is 4.79 Å². The largest absolute Gasteiger partial charge is 0.344 e. The Hall–Kier alpha value is -2.23. The lowest BCUT2D eigenvalue weighted by atomic mass is 9.86. The molecule has 26 heavy (non-hydrogen) atoms. The third kappa shape index (κ3) is 2.91. The molecule has 1 aliphatic heterocycles. The summed E-state index contributed by atoms with van der Waals surface area (Å²) in [5.74, 6) is -0.279. The molecular weight excluding hydrogens is 362 g/mol. The van der Waals surface area contributed by atoms with Gasteiger partial charge in [0, 0.05) is 28.3 Å². The highest BCUT2D eigenvalue weighted by Gasteiger charge is 2.33. The number of hydrogen-bond acceptors (Lipinski definition) is 3. The maximum absolute atomic E-state index is 13.3. The SMILES string of the molecule is Cc1cc(Cl)ccc1SC(=O)C1c2ccccc2N(C)c2ccccc21. The van der Waals surface area contributed by atoms with Gasteiger partial charge in [0.2, 0.25) is 5.12 Å². The Morgan fingerprint density at radius 3 is 2.12 bits per heavy atom. The summed E-state index contributed by atoms with van der Waals surface area (Å²) in [7, 11) is 2.05. The first kappa shape index (κ1) is 17.2. The molecule has 3 aromatic rings. The van der Waals surface area contributed by atoms with Crippen LogP contribution in [0.25, 0.3) is 0 Å². The molecule has 0 N–H and O–H groups in total. The van der Waals surface area contributed by atoms with Crippen LogP contribution in [0.5, 0.6) is 0 Å². The Bertz CT molecular complexity index is 953. The van der Waals surface area contributed by atoms with Crippen LogP contribution >= 0.6 is 23.4 Å². The molecule has 0 aromatic heterocycles. The summed E-state index contributed by atoms with van der Waals surface area (Å²) < 4.78 is 0. The van der Waals surface area contributed by atoms with E-state index in [1.807, 2.05) is 49.4 Å². The molecule has 0 radical (unpaired) electrons. The molecule has 0 aliphatic carbocycles. The Labute approximate surface area is 162 Å². The number of fused-ring (bicyclic) bond motifs is 2. The van der Waals surface area contributed by atoms with Crippen LogP contribution in [0.4, 0.5) is 11.4 Å². The van der Waals surface area contributed by atoms with Gasteiger partial charge in [0.25, 0.3) is 0 Å². The number of anilines is 2. The van der Waals surface area contributed by atoms with Crippen molar-refractivity contribution in [2.24, 2.45) is 0 Å². The Morgan fingerprint density at radius 1 is 0.962 bits per heavy atom. The van der Waals surface area contributed by atoms with Gasteiger partial charge in [-0.1, -0.05) is 59.8 Å². The predicted molar refractivity (Wildman–Crippen MR) is 110 cm³/mol. The third-order valence-corrected chi connectivity index (χ3v) is 6.15. The van der Waals surface area contributed by atoms with Crippen molar-refractivity contribution in [1.29, 1.82) is 0 Å². The minimum atomic E-state index is -0.279. The van der Waals surface area contributed by atoms with E-state index in [1.54, 1.807) is 0 Å². The molecular formula is C22H18ClNOS. The molecule has 0 spiro atoms. The fourth-order valence-electron chi connectivity index (χ4n) is 3.52. The molecule has 1 aliphatic rings. The van der Waals surface area contributed by atoms with Crippen LogP contribution in [0.1, 0.15) is 22.6 Å². The van der Waals surface area contributed by atoms with Gasteiger partial charge in [-0.2, -0.15) is 0 Å². The lowest BCUT2D eigenvalue weighted by molar-refractivity contribution is -0.111. The molecule has 0 bridgehead atoms. The van der Waals surface area contributed by atoms with Gasteiger partial charge in [-0.05, 0) is 53.9 Å². The molecule has 0 saturated heterocycles. The fraction of sp³-hybridized carbons (Fsp3) is 0.136. The van der Waals surface area contributed by atoms with Gasteiger partial charge in [-0.25, -0.2) is 0 Å². The van der Waals surface area contributed by atoms with Crippen molar-refractivity contribution in [3.05, 3.63) is 88.4 Å². The zero-order valence-corrected chi connectivity index (χ0v) is 16.1. The van der Waals surface area contributed by atoms with Gasteiger partial charge in [0.15, 0.2) is 0 Å². The number of aryl methyl sites for hydroxylation is 1. The van der Waals surface area contributed by atoms with E-state index in [1.165, 1.54) is 11.8 Å². The molecule has 0 fully saturated rings. The van der Waals surface area contributed by atoms with Crippen molar-refractivity contribution in [3.8, 4) is 0 Å². The molecule has 0 unspecified atom stereocenters. The summed E-state index contributed by atoms with van der Waals surface area (Å²) in [6.07, 6.45) is 0. The monoisotopic (exact) mass is 379 g/mol. The second-order valence-electron chi connectivity index (χ2n) is 6.44. The number of nitrogens with zero attached hydrogens (tertiary/aromatic N) is 1. The number of para-hydroxylation sites is 2. The van der Waals surface area contributed by atoms with E-state index in [4.69, 9.17) is 11.6 Å². The number of thioether (sulfide) groups is 1. The molecule has 0 saturated carbocycles. The average Bonchev–Trinajstić information content (AvgIpc) is 2.64. The van der Waals surface area contributed by atoms with Crippen LogP contribution < -0.4 is 4.90 Å². The first-order valence-corrected chi connectivity index (χ1v) is 9.65. The first-order valence-electron chi connectivity index (χ1n) is 8.45. The summed E-state index contributed by atoms with van der Waals surface area (Å²) in [4.78, 5) is 16.5. The van der Waals surface area contributed by atoms with Gasteiger partial charge in [0.1, 0.15) is 0 Å². The number of benzene rings is 3. The van der Waals surface area contributed by atoms with Crippen LogP contribution in [0.3, 0.4) is 0 Å². The van der Waals surface area contributed by atoms with E-state index in [0.717, 1.165) is 33.0 Å². The predicted octanol–water partition coefficient (Wildman–Crippen LogP) is 6.18. The zero-order chi connectivity index (χ0) is 18.3. The topological polar surface area (TPSA) is 20.3 Å². The molecule has 0 atom stereocenters. The highest BCUT2D eigenvalue weighted by molar-refractivity contribution is 8.13. The van der Waals surface area contributed by atoms with Crippen LogP contribution in [0.15, 0.2) is 71.6 Å². The lowest BCUT2D eigenvalue weighted by Crippen LogP contribution is -2.24. The average molecular weight is 380 g/mol. The van der Waals surface area contributed by atoms with Gasteiger partial charge in [-0.15, -0.1) is 0 Å². The Morgan fingerprint density at radius 2 is 1.54 bits per heavy atom.